The Kier molecular flexibility index (Phi) is 2.95. The van der Waals surface area contributed by atoms with Gasteiger partial charge in [0.25, 0.3) is 0 Å². The molecule has 2 aromatic rings. The van der Waals surface area contributed by atoms with Crippen LogP contribution in [0.3, 0.4) is 0 Å². The van der Waals surface area contributed by atoms with Gasteiger partial charge in [0, 0.05) is 23.5 Å². The first-order chi connectivity index (χ1) is 7.66. The Balaban J connectivity index is 2.10. The number of anilines is 1. The molecule has 1 aromatic heterocycles. The van der Waals surface area contributed by atoms with E-state index in [4.69, 9.17) is 0 Å². The zero-order valence-corrected chi connectivity index (χ0v) is 9.96. The molecule has 0 amide bonds. The second-order valence-corrected chi connectivity index (χ2v) is 4.19. The lowest BCUT2D eigenvalue weighted by Gasteiger charge is -2.09. The molecular weight excluding hydrogens is 198 g/mol. The van der Waals surface area contributed by atoms with Crippen LogP contribution in [0.1, 0.15) is 22.4 Å². The maximum atomic E-state index is 4.01. The number of nitrogens with one attached hydrogen (secondary N) is 2. The van der Waals surface area contributed by atoms with Gasteiger partial charge in [0.05, 0.1) is 6.20 Å². The summed E-state index contributed by atoms with van der Waals surface area (Å²) in [6.45, 7) is 7.07. The topological polar surface area (TPSA) is 40.7 Å². The molecule has 2 N–H and O–H groups in total. The highest BCUT2D eigenvalue weighted by atomic mass is 15.1. The number of aromatic amines is 1. The van der Waals surface area contributed by atoms with Gasteiger partial charge >= 0.3 is 0 Å². The number of aromatic nitrogens is 2. The van der Waals surface area contributed by atoms with E-state index in [-0.39, 0.29) is 0 Å². The Morgan fingerprint density at radius 3 is 2.75 bits per heavy atom. The normalized spacial score (nSPS) is 10.4. The molecule has 0 fully saturated rings. The van der Waals surface area contributed by atoms with Gasteiger partial charge in [0.1, 0.15) is 0 Å². The number of H-pyrrole nitrogens is 1. The van der Waals surface area contributed by atoms with Crippen LogP contribution in [-0.2, 0) is 6.54 Å². The fraction of sp³-hybridized carbons (Fsp3) is 0.308. The zero-order valence-electron chi connectivity index (χ0n) is 9.96. The Bertz CT molecular complexity index is 486. The number of benzene rings is 1. The highest BCUT2D eigenvalue weighted by molar-refractivity contribution is 5.52. The second-order valence-electron chi connectivity index (χ2n) is 4.19. The average Bonchev–Trinajstić information content (AvgIpc) is 2.66. The van der Waals surface area contributed by atoms with Gasteiger partial charge in [-0.25, -0.2) is 0 Å². The summed E-state index contributed by atoms with van der Waals surface area (Å²) in [4.78, 5) is 0. The van der Waals surface area contributed by atoms with Gasteiger partial charge in [-0.2, -0.15) is 5.10 Å². The van der Waals surface area contributed by atoms with Crippen molar-refractivity contribution in [2.75, 3.05) is 5.32 Å². The first-order valence-corrected chi connectivity index (χ1v) is 5.47. The minimum atomic E-state index is 0.812. The molecule has 16 heavy (non-hydrogen) atoms. The van der Waals surface area contributed by atoms with Crippen molar-refractivity contribution in [3.63, 3.8) is 0 Å². The SMILES string of the molecule is Cc1ccc(C)c(NCc2cn[nH]c2C)c1. The van der Waals surface area contributed by atoms with Gasteiger partial charge in [-0.3, -0.25) is 5.10 Å². The monoisotopic (exact) mass is 215 g/mol. The van der Waals surface area contributed by atoms with Crippen molar-refractivity contribution in [2.45, 2.75) is 27.3 Å². The third-order valence-corrected chi connectivity index (χ3v) is 2.80. The Morgan fingerprint density at radius 1 is 1.25 bits per heavy atom. The van der Waals surface area contributed by atoms with Gasteiger partial charge in [-0.05, 0) is 38.0 Å². The van der Waals surface area contributed by atoms with E-state index in [0.717, 1.165) is 12.2 Å². The molecule has 84 valence electrons. The number of rotatable bonds is 3. The van der Waals surface area contributed by atoms with E-state index in [0.29, 0.717) is 0 Å². The summed E-state index contributed by atoms with van der Waals surface area (Å²) in [5.41, 5.74) is 6.07. The maximum absolute atomic E-state index is 4.01. The molecule has 3 nitrogen and oxygen atoms in total. The fourth-order valence-electron chi connectivity index (χ4n) is 1.67. The zero-order chi connectivity index (χ0) is 11.5. The summed E-state index contributed by atoms with van der Waals surface area (Å²) >= 11 is 0. The lowest BCUT2D eigenvalue weighted by atomic mass is 10.1. The molecule has 2 rings (SSSR count). The van der Waals surface area contributed by atoms with Crippen molar-refractivity contribution in [3.05, 3.63) is 46.8 Å². The predicted molar refractivity (Wildman–Crippen MR) is 66.6 cm³/mol. The average molecular weight is 215 g/mol. The van der Waals surface area contributed by atoms with Crippen LogP contribution in [0.5, 0.6) is 0 Å². The molecule has 0 unspecified atom stereocenters. The fourth-order valence-corrected chi connectivity index (χ4v) is 1.67. The summed E-state index contributed by atoms with van der Waals surface area (Å²) in [6.07, 6.45) is 1.87. The molecule has 0 aliphatic carbocycles. The van der Waals surface area contributed by atoms with Crippen molar-refractivity contribution in [3.8, 4) is 0 Å². The minimum absolute atomic E-state index is 0.812. The molecule has 1 heterocycles. The Hall–Kier alpha value is -1.77. The first-order valence-electron chi connectivity index (χ1n) is 5.47. The Labute approximate surface area is 95.9 Å². The van der Waals surface area contributed by atoms with E-state index in [1.165, 1.54) is 22.4 Å². The molecule has 0 aliphatic heterocycles. The van der Waals surface area contributed by atoms with Gasteiger partial charge in [0.15, 0.2) is 0 Å². The van der Waals surface area contributed by atoms with Gasteiger partial charge in [0.2, 0.25) is 0 Å². The van der Waals surface area contributed by atoms with Crippen molar-refractivity contribution >= 4 is 5.69 Å². The van der Waals surface area contributed by atoms with Crippen molar-refractivity contribution in [1.29, 1.82) is 0 Å². The Morgan fingerprint density at radius 2 is 2.06 bits per heavy atom. The minimum Gasteiger partial charge on any atom is -0.381 e. The van der Waals surface area contributed by atoms with E-state index in [1.807, 2.05) is 13.1 Å². The summed E-state index contributed by atoms with van der Waals surface area (Å²) < 4.78 is 0. The largest absolute Gasteiger partial charge is 0.381 e. The molecule has 1 aromatic carbocycles. The van der Waals surface area contributed by atoms with E-state index in [2.05, 4.69) is 47.6 Å². The van der Waals surface area contributed by atoms with Crippen LogP contribution in [0.25, 0.3) is 0 Å². The summed E-state index contributed by atoms with van der Waals surface area (Å²) in [7, 11) is 0. The van der Waals surface area contributed by atoms with E-state index < -0.39 is 0 Å². The molecule has 0 aliphatic rings. The summed E-state index contributed by atoms with van der Waals surface area (Å²) in [5, 5.41) is 10.4. The standard InChI is InChI=1S/C13H17N3/c1-9-4-5-10(2)13(6-9)14-7-12-8-15-16-11(12)3/h4-6,8,14H,7H2,1-3H3,(H,15,16). The van der Waals surface area contributed by atoms with E-state index in [9.17, 15) is 0 Å². The molecule has 0 radical (unpaired) electrons. The van der Waals surface area contributed by atoms with E-state index in [1.54, 1.807) is 0 Å². The van der Waals surface area contributed by atoms with Crippen molar-refractivity contribution < 1.29 is 0 Å². The second kappa shape index (κ2) is 4.39. The summed E-state index contributed by atoms with van der Waals surface area (Å²) in [5.74, 6) is 0. The molecule has 0 spiro atoms. The van der Waals surface area contributed by atoms with Crippen molar-refractivity contribution in [1.82, 2.24) is 10.2 Å². The van der Waals surface area contributed by atoms with Crippen molar-refractivity contribution in [2.24, 2.45) is 0 Å². The third kappa shape index (κ3) is 2.24. The molecule has 0 bridgehead atoms. The number of hydrogen-bond donors (Lipinski definition) is 2. The number of hydrogen-bond acceptors (Lipinski definition) is 2. The molecular formula is C13H17N3. The highest BCUT2D eigenvalue weighted by Crippen LogP contribution is 2.17. The van der Waals surface area contributed by atoms with Crippen LogP contribution in [0.4, 0.5) is 5.69 Å². The molecule has 0 saturated carbocycles. The third-order valence-electron chi connectivity index (χ3n) is 2.80. The molecule has 0 atom stereocenters. The van der Waals surface area contributed by atoms with Crippen LogP contribution in [0, 0.1) is 20.8 Å². The lowest BCUT2D eigenvalue weighted by Crippen LogP contribution is -2.01. The van der Waals surface area contributed by atoms with Crippen LogP contribution >= 0.6 is 0 Å². The van der Waals surface area contributed by atoms with Gasteiger partial charge in [-0.15, -0.1) is 0 Å². The predicted octanol–water partition coefficient (Wildman–Crippen LogP) is 2.95. The van der Waals surface area contributed by atoms with Crippen LogP contribution in [-0.4, -0.2) is 10.2 Å². The van der Waals surface area contributed by atoms with Crippen LogP contribution < -0.4 is 5.32 Å². The lowest BCUT2D eigenvalue weighted by molar-refractivity contribution is 1.04. The maximum Gasteiger partial charge on any atom is 0.0539 e. The van der Waals surface area contributed by atoms with Crippen LogP contribution in [0.15, 0.2) is 24.4 Å². The number of aryl methyl sites for hydroxylation is 3. The number of nitrogens with zero attached hydrogens (tertiary/aromatic N) is 1. The smallest absolute Gasteiger partial charge is 0.0539 e. The van der Waals surface area contributed by atoms with Crippen LogP contribution in [0.2, 0.25) is 0 Å². The first kappa shape index (κ1) is 10.7. The van der Waals surface area contributed by atoms with Gasteiger partial charge < -0.3 is 5.32 Å². The molecule has 3 heteroatoms. The quantitative estimate of drug-likeness (QED) is 0.826. The van der Waals surface area contributed by atoms with E-state index >= 15 is 0 Å². The van der Waals surface area contributed by atoms with Gasteiger partial charge in [-0.1, -0.05) is 12.1 Å². The summed E-state index contributed by atoms with van der Waals surface area (Å²) in [6, 6.07) is 6.44. The highest BCUT2D eigenvalue weighted by Gasteiger charge is 2.02. The molecule has 0 saturated heterocycles.